The van der Waals surface area contributed by atoms with Crippen LogP contribution in [-0.2, 0) is 0 Å². The van der Waals surface area contributed by atoms with Crippen LogP contribution < -0.4 is 10.5 Å². The van der Waals surface area contributed by atoms with E-state index in [0.717, 1.165) is 23.1 Å². The van der Waals surface area contributed by atoms with Gasteiger partial charge in [-0.3, -0.25) is 4.98 Å². The molecular weight excluding hydrogens is 260 g/mol. The Balaban J connectivity index is 1.68. The van der Waals surface area contributed by atoms with Crippen LogP contribution in [0.1, 0.15) is 18.0 Å². The summed E-state index contributed by atoms with van der Waals surface area (Å²) in [6.45, 7) is 0.604. The van der Waals surface area contributed by atoms with Gasteiger partial charge in [-0.1, -0.05) is 36.4 Å². The number of pyridine rings is 1. The Morgan fingerprint density at radius 1 is 1.00 bits per heavy atom. The standard InChI is InChI=1S/C18H18N2O/c19-18(10-12-21-15-6-2-1-3-7-15)17-8-4-5-14-13-20-11-9-16(14)17/h1-9,11,13,18H,10,12,19H2. The summed E-state index contributed by atoms with van der Waals surface area (Å²) in [5, 5.41) is 2.29. The van der Waals surface area contributed by atoms with Crippen molar-refractivity contribution in [3.8, 4) is 5.75 Å². The number of rotatable bonds is 5. The second-order valence-corrected chi connectivity index (χ2v) is 5.00. The molecule has 106 valence electrons. The van der Waals surface area contributed by atoms with Crippen molar-refractivity contribution in [2.75, 3.05) is 6.61 Å². The van der Waals surface area contributed by atoms with Crippen molar-refractivity contribution in [3.63, 3.8) is 0 Å². The summed E-state index contributed by atoms with van der Waals surface area (Å²) in [4.78, 5) is 4.15. The molecule has 1 unspecified atom stereocenters. The smallest absolute Gasteiger partial charge is 0.119 e. The van der Waals surface area contributed by atoms with Gasteiger partial charge < -0.3 is 10.5 Å². The number of hydrogen-bond donors (Lipinski definition) is 1. The van der Waals surface area contributed by atoms with E-state index in [1.165, 1.54) is 5.39 Å². The van der Waals surface area contributed by atoms with Crippen molar-refractivity contribution >= 4 is 10.8 Å². The number of aromatic nitrogens is 1. The van der Waals surface area contributed by atoms with E-state index in [-0.39, 0.29) is 6.04 Å². The van der Waals surface area contributed by atoms with Crippen LogP contribution in [0.2, 0.25) is 0 Å². The maximum Gasteiger partial charge on any atom is 0.119 e. The Kier molecular flexibility index (Phi) is 4.12. The largest absolute Gasteiger partial charge is 0.494 e. The highest BCUT2D eigenvalue weighted by Gasteiger charge is 2.10. The van der Waals surface area contributed by atoms with E-state index >= 15 is 0 Å². The molecular formula is C18H18N2O. The van der Waals surface area contributed by atoms with Gasteiger partial charge in [0, 0.05) is 30.2 Å². The van der Waals surface area contributed by atoms with E-state index < -0.39 is 0 Å². The van der Waals surface area contributed by atoms with Crippen LogP contribution in [0.25, 0.3) is 10.8 Å². The van der Waals surface area contributed by atoms with E-state index in [9.17, 15) is 0 Å². The highest BCUT2D eigenvalue weighted by atomic mass is 16.5. The fourth-order valence-electron chi connectivity index (χ4n) is 2.45. The summed E-state index contributed by atoms with van der Waals surface area (Å²) >= 11 is 0. The zero-order valence-electron chi connectivity index (χ0n) is 11.8. The predicted octanol–water partition coefficient (Wildman–Crippen LogP) is 3.70. The third-order valence-corrected chi connectivity index (χ3v) is 3.55. The van der Waals surface area contributed by atoms with Crippen molar-refractivity contribution in [2.24, 2.45) is 5.73 Å². The first-order valence-corrected chi connectivity index (χ1v) is 7.10. The average molecular weight is 278 g/mol. The van der Waals surface area contributed by atoms with Crippen LogP contribution in [0.5, 0.6) is 5.75 Å². The molecule has 21 heavy (non-hydrogen) atoms. The summed E-state index contributed by atoms with van der Waals surface area (Å²) in [5.41, 5.74) is 7.47. The Hall–Kier alpha value is -2.39. The SMILES string of the molecule is NC(CCOc1ccccc1)c1cccc2cnccc12. The second kappa shape index (κ2) is 6.37. The van der Waals surface area contributed by atoms with Crippen molar-refractivity contribution in [1.82, 2.24) is 4.98 Å². The molecule has 0 bridgehead atoms. The average Bonchev–Trinajstić information content (AvgIpc) is 2.55. The first kappa shape index (κ1) is 13.6. The van der Waals surface area contributed by atoms with E-state index in [0.29, 0.717) is 6.61 Å². The normalized spacial score (nSPS) is 12.2. The second-order valence-electron chi connectivity index (χ2n) is 5.00. The van der Waals surface area contributed by atoms with Crippen LogP contribution in [-0.4, -0.2) is 11.6 Å². The first-order valence-electron chi connectivity index (χ1n) is 7.10. The molecule has 0 fully saturated rings. The zero-order valence-corrected chi connectivity index (χ0v) is 11.8. The lowest BCUT2D eigenvalue weighted by Gasteiger charge is -2.15. The maximum atomic E-state index is 6.32. The number of hydrogen-bond acceptors (Lipinski definition) is 3. The lowest BCUT2D eigenvalue weighted by molar-refractivity contribution is 0.299. The molecule has 0 saturated carbocycles. The molecule has 3 nitrogen and oxygen atoms in total. The third-order valence-electron chi connectivity index (χ3n) is 3.55. The van der Waals surface area contributed by atoms with Crippen molar-refractivity contribution in [2.45, 2.75) is 12.5 Å². The number of nitrogens with zero attached hydrogens (tertiary/aromatic N) is 1. The third kappa shape index (κ3) is 3.20. The molecule has 0 spiro atoms. The molecule has 3 aromatic rings. The van der Waals surface area contributed by atoms with Gasteiger partial charge in [-0.25, -0.2) is 0 Å². The maximum absolute atomic E-state index is 6.32. The molecule has 1 atom stereocenters. The van der Waals surface area contributed by atoms with E-state index in [1.807, 2.05) is 48.7 Å². The van der Waals surface area contributed by atoms with Crippen LogP contribution in [0, 0.1) is 0 Å². The van der Waals surface area contributed by atoms with Gasteiger partial charge in [0.25, 0.3) is 0 Å². The number of fused-ring (bicyclic) bond motifs is 1. The molecule has 0 amide bonds. The topological polar surface area (TPSA) is 48.1 Å². The summed E-state index contributed by atoms with van der Waals surface area (Å²) in [5.74, 6) is 0.881. The minimum Gasteiger partial charge on any atom is -0.494 e. The van der Waals surface area contributed by atoms with Gasteiger partial charge in [-0.2, -0.15) is 0 Å². The molecule has 0 aliphatic rings. The van der Waals surface area contributed by atoms with E-state index in [4.69, 9.17) is 10.5 Å². The lowest BCUT2D eigenvalue weighted by Crippen LogP contribution is -2.14. The summed E-state index contributed by atoms with van der Waals surface area (Å²) in [6, 6.07) is 17.9. The van der Waals surface area contributed by atoms with Crippen LogP contribution >= 0.6 is 0 Å². The molecule has 0 aliphatic carbocycles. The highest BCUT2D eigenvalue weighted by Crippen LogP contribution is 2.24. The molecule has 0 radical (unpaired) electrons. The van der Waals surface area contributed by atoms with E-state index in [2.05, 4.69) is 17.1 Å². The van der Waals surface area contributed by atoms with E-state index in [1.54, 1.807) is 6.20 Å². The number of benzene rings is 2. The minimum atomic E-state index is -0.0418. The minimum absolute atomic E-state index is 0.0418. The molecule has 1 aromatic heterocycles. The van der Waals surface area contributed by atoms with Crippen LogP contribution in [0.3, 0.4) is 0 Å². The summed E-state index contributed by atoms with van der Waals surface area (Å²) < 4.78 is 5.72. The molecule has 0 aliphatic heterocycles. The molecule has 2 aromatic carbocycles. The van der Waals surface area contributed by atoms with Gasteiger partial charge in [0.1, 0.15) is 5.75 Å². The van der Waals surface area contributed by atoms with Gasteiger partial charge in [0.15, 0.2) is 0 Å². The summed E-state index contributed by atoms with van der Waals surface area (Å²) in [7, 11) is 0. The highest BCUT2D eigenvalue weighted by molar-refractivity contribution is 5.85. The van der Waals surface area contributed by atoms with Gasteiger partial charge in [-0.05, 0) is 29.1 Å². The first-order chi connectivity index (χ1) is 10.3. The lowest BCUT2D eigenvalue weighted by atomic mass is 9.99. The Morgan fingerprint density at radius 3 is 2.71 bits per heavy atom. The quantitative estimate of drug-likeness (QED) is 0.774. The van der Waals surface area contributed by atoms with Crippen LogP contribution in [0.15, 0.2) is 67.0 Å². The van der Waals surface area contributed by atoms with Gasteiger partial charge in [0.05, 0.1) is 6.61 Å². The molecule has 2 N–H and O–H groups in total. The van der Waals surface area contributed by atoms with Gasteiger partial charge >= 0.3 is 0 Å². The molecule has 3 heteroatoms. The predicted molar refractivity (Wildman–Crippen MR) is 85.2 cm³/mol. The zero-order chi connectivity index (χ0) is 14.5. The Labute approximate surface area is 124 Å². The van der Waals surface area contributed by atoms with Gasteiger partial charge in [-0.15, -0.1) is 0 Å². The number of ether oxygens (including phenoxy) is 1. The number of para-hydroxylation sites is 1. The van der Waals surface area contributed by atoms with Crippen LogP contribution in [0.4, 0.5) is 0 Å². The fraction of sp³-hybridized carbons (Fsp3) is 0.167. The van der Waals surface area contributed by atoms with Gasteiger partial charge in [0.2, 0.25) is 0 Å². The number of nitrogens with two attached hydrogens (primary N) is 1. The Morgan fingerprint density at radius 2 is 1.86 bits per heavy atom. The van der Waals surface area contributed by atoms with Crippen molar-refractivity contribution in [1.29, 1.82) is 0 Å². The van der Waals surface area contributed by atoms with Crippen molar-refractivity contribution in [3.05, 3.63) is 72.6 Å². The summed E-state index contributed by atoms with van der Waals surface area (Å²) in [6.07, 6.45) is 4.45. The molecule has 0 saturated heterocycles. The fourth-order valence-corrected chi connectivity index (χ4v) is 2.45. The molecule has 3 rings (SSSR count). The van der Waals surface area contributed by atoms with Crippen molar-refractivity contribution < 1.29 is 4.74 Å². The Bertz CT molecular complexity index is 707. The monoisotopic (exact) mass is 278 g/mol. The molecule has 1 heterocycles.